The van der Waals surface area contributed by atoms with Crippen LogP contribution < -0.4 is 0 Å². The fourth-order valence-corrected chi connectivity index (χ4v) is 1.67. The lowest BCUT2D eigenvalue weighted by atomic mass is 10.0. The highest BCUT2D eigenvalue weighted by molar-refractivity contribution is 5.33. The third kappa shape index (κ3) is 2.15. The lowest BCUT2D eigenvalue weighted by Gasteiger charge is -2.00. The first-order chi connectivity index (χ1) is 6.47. The first-order valence-corrected chi connectivity index (χ1v) is 5.02. The molecule has 0 bridgehead atoms. The van der Waals surface area contributed by atoms with Crippen LogP contribution in [0.4, 0.5) is 0 Å². The number of hydrogen-bond acceptors (Lipinski definition) is 1. The Morgan fingerprint density at radius 3 is 3.08 bits per heavy atom. The third-order valence-electron chi connectivity index (χ3n) is 2.45. The van der Waals surface area contributed by atoms with Gasteiger partial charge < -0.3 is 4.42 Å². The predicted molar refractivity (Wildman–Crippen MR) is 52.4 cm³/mol. The molecule has 1 aromatic rings. The zero-order chi connectivity index (χ0) is 8.93. The summed E-state index contributed by atoms with van der Waals surface area (Å²) >= 11 is 0. The Hall–Kier alpha value is -1.16. The fourth-order valence-electron chi connectivity index (χ4n) is 1.67. The van der Waals surface area contributed by atoms with E-state index in [4.69, 9.17) is 4.42 Å². The van der Waals surface area contributed by atoms with Crippen molar-refractivity contribution in [3.63, 3.8) is 0 Å². The van der Waals surface area contributed by atoms with Crippen molar-refractivity contribution in [2.45, 2.75) is 38.5 Å². The zero-order valence-corrected chi connectivity index (χ0v) is 7.81. The van der Waals surface area contributed by atoms with Crippen molar-refractivity contribution in [1.29, 1.82) is 0 Å². The average molecular weight is 174 g/mol. The summed E-state index contributed by atoms with van der Waals surface area (Å²) in [6.45, 7) is 0. The monoisotopic (exact) mass is 174 g/mol. The van der Waals surface area contributed by atoms with Gasteiger partial charge in [0.05, 0.1) is 6.26 Å². The molecule has 0 saturated carbocycles. The normalized spacial score (nSPS) is 16.9. The molecule has 0 radical (unpaired) electrons. The molecule has 0 N–H and O–H groups in total. The van der Waals surface area contributed by atoms with Gasteiger partial charge in [-0.15, -0.1) is 0 Å². The van der Waals surface area contributed by atoms with E-state index in [9.17, 15) is 0 Å². The van der Waals surface area contributed by atoms with Gasteiger partial charge in [-0.05, 0) is 31.2 Å². The summed E-state index contributed by atoms with van der Waals surface area (Å²) in [6.07, 6.45) is 9.04. The van der Waals surface area contributed by atoms with Crippen molar-refractivity contribution in [3.8, 4) is 11.8 Å². The molecule has 1 heterocycles. The number of aryl methyl sites for hydroxylation is 1. The van der Waals surface area contributed by atoms with Crippen molar-refractivity contribution < 1.29 is 4.42 Å². The number of furan rings is 1. The minimum absolute atomic E-state index is 0.891. The average Bonchev–Trinajstić information content (AvgIpc) is 2.59. The Morgan fingerprint density at radius 1 is 1.15 bits per heavy atom. The molecule has 0 unspecified atom stereocenters. The van der Waals surface area contributed by atoms with Crippen LogP contribution in [-0.4, -0.2) is 0 Å². The largest absolute Gasteiger partial charge is 0.456 e. The smallest absolute Gasteiger partial charge is 0.179 e. The minimum atomic E-state index is 0.891. The summed E-state index contributed by atoms with van der Waals surface area (Å²) in [5.74, 6) is 7.14. The molecule has 0 aromatic carbocycles. The Bertz CT molecular complexity index is 324. The second kappa shape index (κ2) is 4.18. The molecule has 0 spiro atoms. The van der Waals surface area contributed by atoms with E-state index in [-0.39, 0.29) is 0 Å². The van der Waals surface area contributed by atoms with Gasteiger partial charge in [-0.25, -0.2) is 0 Å². The highest BCUT2D eigenvalue weighted by Gasteiger charge is 2.03. The van der Waals surface area contributed by atoms with Crippen molar-refractivity contribution in [2.24, 2.45) is 0 Å². The van der Waals surface area contributed by atoms with Crippen LogP contribution >= 0.6 is 0 Å². The van der Waals surface area contributed by atoms with Crippen LogP contribution in [0.3, 0.4) is 0 Å². The van der Waals surface area contributed by atoms with Crippen LogP contribution in [-0.2, 0) is 6.42 Å². The summed E-state index contributed by atoms with van der Waals surface area (Å²) < 4.78 is 5.31. The number of hydrogen-bond donors (Lipinski definition) is 0. The molecule has 1 aliphatic carbocycles. The zero-order valence-electron chi connectivity index (χ0n) is 7.81. The van der Waals surface area contributed by atoms with Crippen molar-refractivity contribution >= 4 is 0 Å². The quantitative estimate of drug-likeness (QED) is 0.551. The Labute approximate surface area is 79.1 Å². The summed E-state index contributed by atoms with van der Waals surface area (Å²) in [5, 5.41) is 0. The van der Waals surface area contributed by atoms with E-state index in [0.717, 1.165) is 18.6 Å². The van der Waals surface area contributed by atoms with E-state index in [1.54, 1.807) is 6.26 Å². The van der Waals surface area contributed by atoms with Gasteiger partial charge in [-0.1, -0.05) is 18.8 Å². The van der Waals surface area contributed by atoms with Crippen molar-refractivity contribution in [1.82, 2.24) is 0 Å². The molecule has 0 fully saturated rings. The lowest BCUT2D eigenvalue weighted by molar-refractivity contribution is 0.547. The minimum Gasteiger partial charge on any atom is -0.456 e. The first-order valence-electron chi connectivity index (χ1n) is 5.02. The molecule has 1 heteroatoms. The van der Waals surface area contributed by atoms with Gasteiger partial charge in [0.15, 0.2) is 5.76 Å². The molecule has 1 aromatic heterocycles. The van der Waals surface area contributed by atoms with Crippen LogP contribution in [0.25, 0.3) is 0 Å². The van der Waals surface area contributed by atoms with Crippen molar-refractivity contribution in [2.75, 3.05) is 0 Å². The SMILES string of the molecule is C1#Cc2occc2CCCCCC1. The van der Waals surface area contributed by atoms with Gasteiger partial charge in [0, 0.05) is 12.0 Å². The summed E-state index contributed by atoms with van der Waals surface area (Å²) in [6, 6.07) is 2.05. The molecular weight excluding hydrogens is 160 g/mol. The van der Waals surface area contributed by atoms with E-state index in [1.165, 1.54) is 31.2 Å². The summed E-state index contributed by atoms with van der Waals surface area (Å²) in [7, 11) is 0. The highest BCUT2D eigenvalue weighted by Crippen LogP contribution is 2.15. The van der Waals surface area contributed by atoms with Gasteiger partial charge >= 0.3 is 0 Å². The van der Waals surface area contributed by atoms with E-state index in [2.05, 4.69) is 11.8 Å². The Balaban J connectivity index is 2.19. The maximum Gasteiger partial charge on any atom is 0.179 e. The van der Waals surface area contributed by atoms with Gasteiger partial charge in [0.1, 0.15) is 0 Å². The van der Waals surface area contributed by atoms with Gasteiger partial charge in [0.2, 0.25) is 0 Å². The van der Waals surface area contributed by atoms with Gasteiger partial charge in [0.25, 0.3) is 0 Å². The Morgan fingerprint density at radius 2 is 2.08 bits per heavy atom. The molecular formula is C12H14O. The van der Waals surface area contributed by atoms with Gasteiger partial charge in [-0.2, -0.15) is 0 Å². The molecule has 0 saturated heterocycles. The molecule has 1 aliphatic rings. The maximum atomic E-state index is 5.31. The summed E-state index contributed by atoms with van der Waals surface area (Å²) in [4.78, 5) is 0. The van der Waals surface area contributed by atoms with Crippen LogP contribution in [0.1, 0.15) is 43.4 Å². The number of rotatable bonds is 0. The first kappa shape index (κ1) is 8.44. The number of fused-ring (bicyclic) bond motifs is 1. The van der Waals surface area contributed by atoms with E-state index in [1.807, 2.05) is 6.07 Å². The maximum absolute atomic E-state index is 5.31. The second-order valence-corrected chi connectivity index (χ2v) is 3.49. The van der Waals surface area contributed by atoms with Crippen LogP contribution in [0, 0.1) is 11.8 Å². The van der Waals surface area contributed by atoms with E-state index >= 15 is 0 Å². The highest BCUT2D eigenvalue weighted by atomic mass is 16.3. The molecule has 13 heavy (non-hydrogen) atoms. The second-order valence-electron chi connectivity index (χ2n) is 3.49. The Kier molecular flexibility index (Phi) is 2.72. The molecule has 0 atom stereocenters. The summed E-state index contributed by atoms with van der Waals surface area (Å²) in [5.41, 5.74) is 1.29. The molecule has 1 nitrogen and oxygen atoms in total. The molecule has 2 rings (SSSR count). The molecule has 0 aliphatic heterocycles. The van der Waals surface area contributed by atoms with Crippen molar-refractivity contribution in [3.05, 3.63) is 23.7 Å². The fraction of sp³-hybridized carbons (Fsp3) is 0.500. The molecule has 0 amide bonds. The van der Waals surface area contributed by atoms with E-state index in [0.29, 0.717) is 0 Å². The third-order valence-corrected chi connectivity index (χ3v) is 2.45. The van der Waals surface area contributed by atoms with Crippen LogP contribution in [0.5, 0.6) is 0 Å². The van der Waals surface area contributed by atoms with E-state index < -0.39 is 0 Å². The van der Waals surface area contributed by atoms with Gasteiger partial charge in [-0.3, -0.25) is 0 Å². The molecule has 68 valence electrons. The topological polar surface area (TPSA) is 13.1 Å². The van der Waals surface area contributed by atoms with Crippen LogP contribution in [0.15, 0.2) is 16.7 Å². The standard InChI is InChI=1S/C12H14O/c1-2-4-6-8-12-11(7-5-3-1)9-10-13-12/h9-10H,1-5,7H2. The lowest BCUT2D eigenvalue weighted by Crippen LogP contribution is -1.88. The van der Waals surface area contributed by atoms with Crippen LogP contribution in [0.2, 0.25) is 0 Å². The predicted octanol–water partition coefficient (Wildman–Crippen LogP) is 3.14.